The maximum Gasteiger partial charge on any atom is 0.181 e. The third-order valence-corrected chi connectivity index (χ3v) is 5.75. The highest BCUT2D eigenvalue weighted by molar-refractivity contribution is 9.10. The number of halogens is 1. The summed E-state index contributed by atoms with van der Waals surface area (Å²) in [5.41, 5.74) is 4.23. The van der Waals surface area contributed by atoms with Crippen molar-refractivity contribution in [2.24, 2.45) is 0 Å². The van der Waals surface area contributed by atoms with Crippen LogP contribution >= 0.6 is 15.9 Å². The number of phenolic OH excluding ortho intramolecular Hbond substituents is 1. The number of para-hydroxylation sites is 2. The molecule has 30 heavy (non-hydrogen) atoms. The van der Waals surface area contributed by atoms with Gasteiger partial charge in [-0.15, -0.1) is 0 Å². The van der Waals surface area contributed by atoms with E-state index in [2.05, 4.69) is 80.2 Å². The van der Waals surface area contributed by atoms with Gasteiger partial charge in [0.25, 0.3) is 0 Å². The second-order valence-electron chi connectivity index (χ2n) is 9.75. The van der Waals surface area contributed by atoms with E-state index in [-0.39, 0.29) is 10.8 Å². The van der Waals surface area contributed by atoms with Crippen LogP contribution in [0.1, 0.15) is 52.7 Å². The molecule has 4 aromatic rings. The van der Waals surface area contributed by atoms with E-state index in [4.69, 9.17) is 9.40 Å². The van der Waals surface area contributed by atoms with Gasteiger partial charge in [-0.05, 0) is 63.2 Å². The highest BCUT2D eigenvalue weighted by Gasteiger charge is 2.28. The predicted octanol–water partition coefficient (Wildman–Crippen LogP) is 7.35. The summed E-state index contributed by atoms with van der Waals surface area (Å²) >= 11 is 3.40. The van der Waals surface area contributed by atoms with Gasteiger partial charge in [0.05, 0.1) is 11.0 Å². The average Bonchev–Trinajstić information content (AvgIpc) is 3.23. The molecule has 1 N–H and O–H groups in total. The summed E-state index contributed by atoms with van der Waals surface area (Å²) in [5.74, 6) is 1.78. The smallest absolute Gasteiger partial charge is 0.181 e. The van der Waals surface area contributed by atoms with E-state index in [1.807, 2.05) is 30.3 Å². The first kappa shape index (κ1) is 20.7. The van der Waals surface area contributed by atoms with Crippen molar-refractivity contribution in [1.82, 2.24) is 9.55 Å². The van der Waals surface area contributed by atoms with Crippen molar-refractivity contribution in [2.75, 3.05) is 0 Å². The number of furan rings is 1. The van der Waals surface area contributed by atoms with Crippen molar-refractivity contribution in [3.63, 3.8) is 0 Å². The van der Waals surface area contributed by atoms with E-state index >= 15 is 0 Å². The largest absolute Gasteiger partial charge is 0.507 e. The Morgan fingerprint density at radius 2 is 1.50 bits per heavy atom. The second kappa shape index (κ2) is 7.02. The van der Waals surface area contributed by atoms with E-state index < -0.39 is 0 Å². The molecule has 0 aliphatic carbocycles. The third kappa shape index (κ3) is 3.56. The van der Waals surface area contributed by atoms with Crippen LogP contribution in [0.25, 0.3) is 28.3 Å². The zero-order chi connectivity index (χ0) is 21.8. The normalized spacial score (nSPS) is 12.6. The second-order valence-corrected chi connectivity index (χ2v) is 10.5. The molecule has 2 aromatic heterocycles. The van der Waals surface area contributed by atoms with Crippen molar-refractivity contribution < 1.29 is 9.52 Å². The molecule has 2 aromatic carbocycles. The molecule has 5 heteroatoms. The Morgan fingerprint density at radius 1 is 0.900 bits per heavy atom. The van der Waals surface area contributed by atoms with Crippen molar-refractivity contribution in [2.45, 2.75) is 52.4 Å². The van der Waals surface area contributed by atoms with E-state index in [0.29, 0.717) is 16.2 Å². The van der Waals surface area contributed by atoms with Gasteiger partial charge >= 0.3 is 0 Å². The minimum Gasteiger partial charge on any atom is -0.507 e. The summed E-state index contributed by atoms with van der Waals surface area (Å²) in [6, 6.07) is 16.0. The van der Waals surface area contributed by atoms with Crippen molar-refractivity contribution >= 4 is 27.0 Å². The first-order chi connectivity index (χ1) is 14.0. The summed E-state index contributed by atoms with van der Waals surface area (Å²) in [6.45, 7) is 12.7. The fourth-order valence-corrected chi connectivity index (χ4v) is 4.09. The number of benzene rings is 2. The van der Waals surface area contributed by atoms with Gasteiger partial charge in [-0.3, -0.25) is 4.57 Å². The first-order valence-electron chi connectivity index (χ1n) is 10.1. The topological polar surface area (TPSA) is 51.2 Å². The van der Waals surface area contributed by atoms with Gasteiger partial charge in [0.15, 0.2) is 16.3 Å². The number of aromatic hydroxyl groups is 1. The molecular weight excluding hydrogens is 440 g/mol. The molecule has 0 fully saturated rings. The number of fused-ring (bicyclic) bond motifs is 1. The highest BCUT2D eigenvalue weighted by atomic mass is 79.9. The molecule has 0 spiro atoms. The molecule has 0 aliphatic rings. The summed E-state index contributed by atoms with van der Waals surface area (Å²) in [5, 5.41) is 11.1. The molecule has 0 amide bonds. The summed E-state index contributed by atoms with van der Waals surface area (Å²) in [4.78, 5) is 4.86. The van der Waals surface area contributed by atoms with Gasteiger partial charge < -0.3 is 9.52 Å². The lowest BCUT2D eigenvalue weighted by Gasteiger charge is -2.28. The lowest BCUT2D eigenvalue weighted by molar-refractivity contribution is 0.423. The molecule has 0 bridgehead atoms. The van der Waals surface area contributed by atoms with Gasteiger partial charge in [-0.1, -0.05) is 53.7 Å². The quantitative estimate of drug-likeness (QED) is 0.335. The predicted molar refractivity (Wildman–Crippen MR) is 126 cm³/mol. The Balaban J connectivity index is 2.10. The Kier molecular flexibility index (Phi) is 4.85. The van der Waals surface area contributed by atoms with Crippen LogP contribution in [-0.2, 0) is 10.8 Å². The summed E-state index contributed by atoms with van der Waals surface area (Å²) in [7, 11) is 0. The van der Waals surface area contributed by atoms with Crippen LogP contribution < -0.4 is 0 Å². The minimum atomic E-state index is -0.218. The molecule has 0 saturated heterocycles. The van der Waals surface area contributed by atoms with Gasteiger partial charge in [-0.25, -0.2) is 4.98 Å². The molecule has 0 unspecified atom stereocenters. The van der Waals surface area contributed by atoms with Gasteiger partial charge in [0.1, 0.15) is 5.75 Å². The average molecular weight is 467 g/mol. The fourth-order valence-electron chi connectivity index (χ4n) is 3.78. The van der Waals surface area contributed by atoms with Crippen molar-refractivity contribution in [3.05, 3.63) is 64.3 Å². The Bertz CT molecular complexity index is 1200. The van der Waals surface area contributed by atoms with Crippen molar-refractivity contribution in [3.8, 4) is 23.0 Å². The van der Waals surface area contributed by atoms with Crippen LogP contribution in [-0.4, -0.2) is 14.7 Å². The number of hydrogen-bond donors (Lipinski definition) is 1. The number of hydrogen-bond acceptors (Lipinski definition) is 3. The molecule has 0 atom stereocenters. The van der Waals surface area contributed by atoms with Crippen LogP contribution in [0.2, 0.25) is 0 Å². The van der Waals surface area contributed by atoms with Gasteiger partial charge in [-0.2, -0.15) is 0 Å². The molecule has 156 valence electrons. The molecule has 0 saturated carbocycles. The molecule has 0 radical (unpaired) electrons. The zero-order valence-electron chi connectivity index (χ0n) is 18.2. The number of aromatic nitrogens is 2. The fraction of sp³-hybridized carbons (Fsp3) is 0.320. The number of imidazole rings is 1. The molecule has 4 rings (SSSR count). The number of phenols is 1. The third-order valence-electron chi connectivity index (χ3n) is 5.32. The van der Waals surface area contributed by atoms with E-state index in [0.717, 1.165) is 33.7 Å². The molecule has 4 nitrogen and oxygen atoms in total. The Labute approximate surface area is 185 Å². The lowest BCUT2D eigenvalue weighted by Crippen LogP contribution is -2.18. The standard InChI is InChI=1S/C25H27BrN2O2/c1-24(2,3)16-13-15(14-17(22(16)29)25(4,5)6)28-19-10-8-7-9-18(19)27-23(28)20-11-12-21(26)30-20/h7-14,29H,1-6H3. The van der Waals surface area contributed by atoms with Crippen molar-refractivity contribution in [1.29, 1.82) is 0 Å². The van der Waals surface area contributed by atoms with E-state index in [9.17, 15) is 5.11 Å². The monoisotopic (exact) mass is 466 g/mol. The maximum absolute atomic E-state index is 11.1. The minimum absolute atomic E-state index is 0.218. The SMILES string of the molecule is CC(C)(C)c1cc(-n2c(-c3ccc(Br)o3)nc3ccccc32)cc(C(C)(C)C)c1O. The molecule has 2 heterocycles. The van der Waals surface area contributed by atoms with Gasteiger partial charge in [0.2, 0.25) is 0 Å². The maximum atomic E-state index is 11.1. The Hall–Kier alpha value is -2.53. The lowest BCUT2D eigenvalue weighted by atomic mass is 9.79. The molecule has 0 aliphatic heterocycles. The highest BCUT2D eigenvalue weighted by Crippen LogP contribution is 2.42. The Morgan fingerprint density at radius 3 is 2.03 bits per heavy atom. The van der Waals surface area contributed by atoms with Crippen LogP contribution in [0.5, 0.6) is 5.75 Å². The van der Waals surface area contributed by atoms with Crippen LogP contribution in [0, 0.1) is 0 Å². The number of nitrogens with zero attached hydrogens (tertiary/aromatic N) is 2. The summed E-state index contributed by atoms with van der Waals surface area (Å²) in [6.07, 6.45) is 0. The van der Waals surface area contributed by atoms with E-state index in [1.54, 1.807) is 0 Å². The zero-order valence-corrected chi connectivity index (χ0v) is 19.8. The summed E-state index contributed by atoms with van der Waals surface area (Å²) < 4.78 is 8.64. The van der Waals surface area contributed by atoms with Gasteiger partial charge in [0, 0.05) is 16.8 Å². The number of rotatable bonds is 2. The molecular formula is C25H27BrN2O2. The van der Waals surface area contributed by atoms with Crippen LogP contribution in [0.15, 0.2) is 57.6 Å². The first-order valence-corrected chi connectivity index (χ1v) is 10.9. The van der Waals surface area contributed by atoms with Crippen LogP contribution in [0.3, 0.4) is 0 Å². The van der Waals surface area contributed by atoms with E-state index in [1.165, 1.54) is 0 Å². The van der Waals surface area contributed by atoms with Crippen LogP contribution in [0.4, 0.5) is 0 Å².